The van der Waals surface area contributed by atoms with Crippen molar-refractivity contribution >= 4 is 33.2 Å². The molecule has 0 atom stereocenters. The Morgan fingerprint density at radius 1 is 0.970 bits per heavy atom. The number of carbonyl (C=O) groups is 1. The number of halogens is 1. The lowest BCUT2D eigenvalue weighted by Crippen LogP contribution is -2.40. The minimum absolute atomic E-state index is 0.0767. The number of rotatable bonds is 8. The summed E-state index contributed by atoms with van der Waals surface area (Å²) in [6.45, 7) is -0.154. The van der Waals surface area contributed by atoms with E-state index in [-0.39, 0.29) is 22.2 Å². The molecule has 0 spiro atoms. The van der Waals surface area contributed by atoms with Gasteiger partial charge in [0.05, 0.1) is 21.9 Å². The first kappa shape index (κ1) is 22.6. The first-order valence-corrected chi connectivity index (χ1v) is 11.9. The summed E-state index contributed by atoms with van der Waals surface area (Å²) in [6.07, 6.45) is 5.24. The van der Waals surface area contributed by atoms with Crippen LogP contribution in [0, 0.1) is 0 Å². The van der Waals surface area contributed by atoms with Gasteiger partial charge in [-0.1, -0.05) is 54.1 Å². The van der Waals surface area contributed by atoms with Gasteiger partial charge >= 0.3 is 0 Å². The second-order valence-electron chi connectivity index (χ2n) is 7.19. The molecule has 1 amide bonds. The Balaban J connectivity index is 1.50. The molecular formula is C24H21ClN4O3S. The van der Waals surface area contributed by atoms with Crippen LogP contribution in [-0.2, 0) is 21.4 Å². The van der Waals surface area contributed by atoms with Gasteiger partial charge in [0.15, 0.2) is 0 Å². The number of nitrogens with zero attached hydrogens (tertiary/aromatic N) is 3. The number of anilines is 1. The van der Waals surface area contributed by atoms with E-state index in [1.54, 1.807) is 55.0 Å². The molecule has 168 valence electrons. The second-order valence-corrected chi connectivity index (χ2v) is 9.46. The highest BCUT2D eigenvalue weighted by atomic mass is 35.5. The maximum atomic E-state index is 13.3. The molecule has 3 aromatic carbocycles. The van der Waals surface area contributed by atoms with E-state index < -0.39 is 22.5 Å². The molecule has 33 heavy (non-hydrogen) atoms. The van der Waals surface area contributed by atoms with Crippen LogP contribution in [0.2, 0.25) is 5.02 Å². The van der Waals surface area contributed by atoms with E-state index in [2.05, 4.69) is 10.3 Å². The number of para-hydroxylation sites is 1. The van der Waals surface area contributed by atoms with Crippen molar-refractivity contribution < 1.29 is 13.2 Å². The van der Waals surface area contributed by atoms with E-state index in [1.807, 2.05) is 35.0 Å². The number of aromatic nitrogens is 2. The van der Waals surface area contributed by atoms with Crippen LogP contribution in [0.5, 0.6) is 0 Å². The third-order valence-electron chi connectivity index (χ3n) is 4.97. The van der Waals surface area contributed by atoms with Crippen LogP contribution >= 0.6 is 11.6 Å². The molecule has 0 aliphatic carbocycles. The van der Waals surface area contributed by atoms with Crippen LogP contribution < -0.4 is 9.62 Å². The van der Waals surface area contributed by atoms with Gasteiger partial charge in [0.25, 0.3) is 10.0 Å². The summed E-state index contributed by atoms with van der Waals surface area (Å²) in [7, 11) is -4.01. The van der Waals surface area contributed by atoms with Gasteiger partial charge in [0.2, 0.25) is 5.91 Å². The summed E-state index contributed by atoms with van der Waals surface area (Å²) in [5, 5.41) is 3.03. The van der Waals surface area contributed by atoms with Gasteiger partial charge in [-0.05, 0) is 42.0 Å². The Morgan fingerprint density at radius 2 is 1.67 bits per heavy atom. The van der Waals surface area contributed by atoms with Gasteiger partial charge in [-0.3, -0.25) is 9.10 Å². The van der Waals surface area contributed by atoms with Crippen molar-refractivity contribution in [2.75, 3.05) is 10.8 Å². The number of sulfonamides is 1. The van der Waals surface area contributed by atoms with Crippen LogP contribution in [0.15, 0.2) is 102 Å². The van der Waals surface area contributed by atoms with E-state index in [4.69, 9.17) is 11.6 Å². The number of amides is 1. The monoisotopic (exact) mass is 480 g/mol. The summed E-state index contributed by atoms with van der Waals surface area (Å²) < 4.78 is 29.6. The lowest BCUT2D eigenvalue weighted by atomic mass is 10.2. The van der Waals surface area contributed by atoms with E-state index in [0.29, 0.717) is 0 Å². The van der Waals surface area contributed by atoms with E-state index in [1.165, 1.54) is 12.1 Å². The molecule has 7 nitrogen and oxygen atoms in total. The Morgan fingerprint density at radius 3 is 2.33 bits per heavy atom. The Kier molecular flexibility index (Phi) is 6.76. The molecule has 0 aliphatic rings. The standard InChI is InChI=1S/C24H21ClN4O3S/c25-22-8-4-5-9-23(22)29(33(31,32)21-6-2-1-3-7-21)17-24(30)27-16-19-10-12-20(13-11-19)28-15-14-26-18-28/h1-15,18H,16-17H2,(H,27,30). The second kappa shape index (κ2) is 9.89. The average Bonchev–Trinajstić information content (AvgIpc) is 3.38. The summed E-state index contributed by atoms with van der Waals surface area (Å²) in [6, 6.07) is 22.1. The summed E-state index contributed by atoms with van der Waals surface area (Å²) in [5.41, 5.74) is 2.06. The molecule has 0 fully saturated rings. The maximum Gasteiger partial charge on any atom is 0.264 e. The van der Waals surface area contributed by atoms with Crippen molar-refractivity contribution in [1.29, 1.82) is 0 Å². The van der Waals surface area contributed by atoms with Gasteiger partial charge in [-0.25, -0.2) is 13.4 Å². The Labute approximate surface area is 197 Å². The molecule has 9 heteroatoms. The molecule has 1 heterocycles. The van der Waals surface area contributed by atoms with Gasteiger partial charge in [0, 0.05) is 24.6 Å². The lowest BCUT2D eigenvalue weighted by molar-refractivity contribution is -0.119. The van der Waals surface area contributed by atoms with Crippen LogP contribution in [0.1, 0.15) is 5.56 Å². The summed E-state index contributed by atoms with van der Waals surface area (Å²) >= 11 is 6.28. The summed E-state index contributed by atoms with van der Waals surface area (Å²) in [5.74, 6) is -0.451. The Hall–Kier alpha value is -3.62. The van der Waals surface area contributed by atoms with Crippen molar-refractivity contribution in [2.45, 2.75) is 11.4 Å². The fraction of sp³-hybridized carbons (Fsp3) is 0.0833. The zero-order valence-corrected chi connectivity index (χ0v) is 19.1. The molecule has 1 N–H and O–H groups in total. The van der Waals surface area contributed by atoms with Crippen LogP contribution in [0.3, 0.4) is 0 Å². The molecule has 0 aliphatic heterocycles. The van der Waals surface area contributed by atoms with Crippen molar-refractivity contribution in [2.24, 2.45) is 0 Å². The Bertz CT molecular complexity index is 1330. The first-order chi connectivity index (χ1) is 15.9. The molecule has 0 radical (unpaired) electrons. The molecule has 0 bridgehead atoms. The number of nitrogens with one attached hydrogen (secondary N) is 1. The normalized spacial score (nSPS) is 11.2. The number of hydrogen-bond donors (Lipinski definition) is 1. The number of imidazole rings is 1. The minimum atomic E-state index is -4.01. The molecule has 4 aromatic rings. The van der Waals surface area contributed by atoms with Crippen molar-refractivity contribution in [3.63, 3.8) is 0 Å². The number of hydrogen-bond acceptors (Lipinski definition) is 4. The summed E-state index contributed by atoms with van der Waals surface area (Å²) in [4.78, 5) is 16.9. The SMILES string of the molecule is O=C(CN(c1ccccc1Cl)S(=O)(=O)c1ccccc1)NCc1ccc(-n2ccnc2)cc1. The van der Waals surface area contributed by atoms with Crippen LogP contribution in [0.4, 0.5) is 5.69 Å². The zero-order valence-electron chi connectivity index (χ0n) is 17.5. The van der Waals surface area contributed by atoms with Crippen molar-refractivity contribution in [3.8, 4) is 5.69 Å². The van der Waals surface area contributed by atoms with Gasteiger partial charge in [-0.2, -0.15) is 0 Å². The topological polar surface area (TPSA) is 84.3 Å². The van der Waals surface area contributed by atoms with Crippen molar-refractivity contribution in [3.05, 3.63) is 108 Å². The fourth-order valence-corrected chi connectivity index (χ4v) is 5.01. The van der Waals surface area contributed by atoms with Crippen LogP contribution in [0.25, 0.3) is 5.69 Å². The van der Waals surface area contributed by atoms with Crippen LogP contribution in [-0.4, -0.2) is 30.4 Å². The molecule has 0 unspecified atom stereocenters. The van der Waals surface area contributed by atoms with E-state index in [0.717, 1.165) is 15.6 Å². The van der Waals surface area contributed by atoms with Gasteiger partial charge in [0.1, 0.15) is 6.54 Å². The van der Waals surface area contributed by atoms with E-state index >= 15 is 0 Å². The van der Waals surface area contributed by atoms with E-state index in [9.17, 15) is 13.2 Å². The predicted octanol–water partition coefficient (Wildman–Crippen LogP) is 4.04. The van der Waals surface area contributed by atoms with Gasteiger partial charge in [-0.15, -0.1) is 0 Å². The third kappa shape index (κ3) is 5.24. The number of benzene rings is 3. The largest absolute Gasteiger partial charge is 0.350 e. The minimum Gasteiger partial charge on any atom is -0.350 e. The molecule has 0 saturated carbocycles. The average molecular weight is 481 g/mol. The fourth-order valence-electron chi connectivity index (χ4n) is 3.26. The number of carbonyl (C=O) groups excluding carboxylic acids is 1. The zero-order chi connectivity index (χ0) is 23.3. The predicted molar refractivity (Wildman–Crippen MR) is 128 cm³/mol. The molecule has 4 rings (SSSR count). The molecule has 1 aromatic heterocycles. The lowest BCUT2D eigenvalue weighted by Gasteiger charge is -2.25. The quantitative estimate of drug-likeness (QED) is 0.412. The third-order valence-corrected chi connectivity index (χ3v) is 7.06. The molecule has 0 saturated heterocycles. The highest BCUT2D eigenvalue weighted by Crippen LogP contribution is 2.30. The molecular weight excluding hydrogens is 460 g/mol. The first-order valence-electron chi connectivity index (χ1n) is 10.1. The van der Waals surface area contributed by atoms with Gasteiger partial charge < -0.3 is 9.88 Å². The highest BCUT2D eigenvalue weighted by Gasteiger charge is 2.28. The maximum absolute atomic E-state index is 13.3. The highest BCUT2D eigenvalue weighted by molar-refractivity contribution is 7.92. The smallest absolute Gasteiger partial charge is 0.264 e. The van der Waals surface area contributed by atoms with Crippen molar-refractivity contribution in [1.82, 2.24) is 14.9 Å².